The highest BCUT2D eigenvalue weighted by Gasteiger charge is 2.22. The molecule has 4 nitrogen and oxygen atoms in total. The maximum absolute atomic E-state index is 13.7. The molecule has 1 amide bonds. The molecule has 0 radical (unpaired) electrons. The Morgan fingerprint density at radius 2 is 2.28 bits per heavy atom. The molecule has 5 heteroatoms. The van der Waals surface area contributed by atoms with Crippen molar-refractivity contribution in [3.05, 3.63) is 29.6 Å². The molecular weight excluding hydrogens is 235 g/mol. The zero-order chi connectivity index (χ0) is 13.5. The Kier molecular flexibility index (Phi) is 4.71. The zero-order valence-corrected chi connectivity index (χ0v) is 9.81. The molecule has 0 saturated carbocycles. The summed E-state index contributed by atoms with van der Waals surface area (Å²) in [5, 5.41) is 8.62. The number of terminal acetylenes is 1. The second-order valence-electron chi connectivity index (χ2n) is 3.34. The summed E-state index contributed by atoms with van der Waals surface area (Å²) in [7, 11) is 1.33. The van der Waals surface area contributed by atoms with Crippen molar-refractivity contribution in [3.8, 4) is 24.2 Å². The molecule has 0 aliphatic carbocycles. The fourth-order valence-corrected chi connectivity index (χ4v) is 1.44. The van der Waals surface area contributed by atoms with Gasteiger partial charge in [0.15, 0.2) is 0 Å². The lowest BCUT2D eigenvalue weighted by Gasteiger charge is -2.18. The number of hydrogen-bond donors (Lipinski definition) is 0. The van der Waals surface area contributed by atoms with Gasteiger partial charge in [0.2, 0.25) is 0 Å². The molecule has 0 N–H and O–H groups in total. The van der Waals surface area contributed by atoms with E-state index in [4.69, 9.17) is 16.4 Å². The Morgan fingerprint density at radius 1 is 1.56 bits per heavy atom. The predicted octanol–water partition coefficient (Wildman–Crippen LogP) is 1.43. The summed E-state index contributed by atoms with van der Waals surface area (Å²) in [6.45, 7) is -0.273. The number of carbonyl (C=O) groups is 1. The van der Waals surface area contributed by atoms with Gasteiger partial charge in [0, 0.05) is 0 Å². The van der Waals surface area contributed by atoms with E-state index in [1.807, 2.05) is 0 Å². The molecule has 92 valence electrons. The van der Waals surface area contributed by atoms with Crippen LogP contribution in [-0.2, 0) is 0 Å². The average Bonchev–Trinajstić information content (AvgIpc) is 2.37. The molecule has 0 heterocycles. The van der Waals surface area contributed by atoms with E-state index >= 15 is 0 Å². The third kappa shape index (κ3) is 2.78. The van der Waals surface area contributed by atoms with Gasteiger partial charge < -0.3 is 9.64 Å². The summed E-state index contributed by atoms with van der Waals surface area (Å²) < 4.78 is 18.6. The summed E-state index contributed by atoms with van der Waals surface area (Å²) in [5.41, 5.74) is -0.217. The monoisotopic (exact) mass is 246 g/mol. The first-order valence-corrected chi connectivity index (χ1v) is 5.07. The number of benzene rings is 1. The molecule has 0 aromatic heterocycles. The molecule has 0 aliphatic rings. The van der Waals surface area contributed by atoms with Crippen LogP contribution >= 0.6 is 0 Å². The van der Waals surface area contributed by atoms with E-state index in [9.17, 15) is 9.18 Å². The van der Waals surface area contributed by atoms with Gasteiger partial charge in [-0.2, -0.15) is 5.26 Å². The minimum atomic E-state index is -0.709. The summed E-state index contributed by atoms with van der Waals surface area (Å²) in [6, 6.07) is 5.86. The van der Waals surface area contributed by atoms with Crippen molar-refractivity contribution in [3.63, 3.8) is 0 Å². The minimum Gasteiger partial charge on any atom is -0.496 e. The van der Waals surface area contributed by atoms with Crippen LogP contribution in [0, 0.1) is 29.5 Å². The highest BCUT2D eigenvalue weighted by molar-refractivity contribution is 5.97. The molecule has 0 fully saturated rings. The normalized spacial score (nSPS) is 9.11. The van der Waals surface area contributed by atoms with Gasteiger partial charge >= 0.3 is 0 Å². The summed E-state index contributed by atoms with van der Waals surface area (Å²) in [5.74, 6) is 0.990. The van der Waals surface area contributed by atoms with Crippen molar-refractivity contribution in [1.29, 1.82) is 5.26 Å². The Balaban J connectivity index is 3.17. The summed E-state index contributed by atoms with van der Waals surface area (Å²) >= 11 is 0. The zero-order valence-electron chi connectivity index (χ0n) is 9.81. The quantitative estimate of drug-likeness (QED) is 0.596. The predicted molar refractivity (Wildman–Crippen MR) is 63.3 cm³/mol. The third-order valence-electron chi connectivity index (χ3n) is 2.24. The van der Waals surface area contributed by atoms with E-state index in [1.165, 1.54) is 19.2 Å². The van der Waals surface area contributed by atoms with Gasteiger partial charge in [0.1, 0.15) is 23.7 Å². The van der Waals surface area contributed by atoms with E-state index in [2.05, 4.69) is 5.92 Å². The first kappa shape index (κ1) is 13.5. The Morgan fingerprint density at radius 3 is 2.83 bits per heavy atom. The van der Waals surface area contributed by atoms with Crippen LogP contribution in [0.1, 0.15) is 10.4 Å². The molecule has 0 unspecified atom stereocenters. The molecule has 1 aromatic carbocycles. The fourth-order valence-electron chi connectivity index (χ4n) is 1.44. The van der Waals surface area contributed by atoms with E-state index in [-0.39, 0.29) is 24.4 Å². The van der Waals surface area contributed by atoms with Crippen LogP contribution in [-0.4, -0.2) is 31.0 Å². The van der Waals surface area contributed by atoms with Crippen LogP contribution in [0.2, 0.25) is 0 Å². The number of rotatable bonds is 4. The Bertz CT molecular complexity index is 513. The maximum Gasteiger partial charge on any atom is 0.262 e. The van der Waals surface area contributed by atoms with Crippen molar-refractivity contribution < 1.29 is 13.9 Å². The summed E-state index contributed by atoms with van der Waals surface area (Å²) in [6.07, 6.45) is 5.11. The molecule has 0 bridgehead atoms. The standard InChI is InChI=1S/C13H11FN2O2/c1-3-8-16(9-7-15)13(17)12-10(14)5-4-6-11(12)18-2/h1,4-6H,8-9H2,2H3. The van der Waals surface area contributed by atoms with Crippen molar-refractivity contribution in [1.82, 2.24) is 4.90 Å². The highest BCUT2D eigenvalue weighted by Crippen LogP contribution is 2.22. The smallest absolute Gasteiger partial charge is 0.262 e. The number of nitrogens with zero attached hydrogens (tertiary/aromatic N) is 2. The number of carbonyl (C=O) groups excluding carboxylic acids is 1. The Hall–Kier alpha value is -2.53. The fraction of sp³-hybridized carbons (Fsp3) is 0.231. The van der Waals surface area contributed by atoms with E-state index in [1.54, 1.807) is 6.07 Å². The van der Waals surface area contributed by atoms with Gasteiger partial charge in [-0.25, -0.2) is 4.39 Å². The number of ether oxygens (including phenoxy) is 1. The lowest BCUT2D eigenvalue weighted by molar-refractivity contribution is 0.0787. The second-order valence-corrected chi connectivity index (χ2v) is 3.34. The number of hydrogen-bond acceptors (Lipinski definition) is 3. The van der Waals surface area contributed by atoms with Crippen LogP contribution in [0.4, 0.5) is 4.39 Å². The molecule has 0 spiro atoms. The van der Waals surface area contributed by atoms with Gasteiger partial charge in [0.25, 0.3) is 5.91 Å². The van der Waals surface area contributed by atoms with Gasteiger partial charge in [-0.15, -0.1) is 6.42 Å². The van der Waals surface area contributed by atoms with Crippen LogP contribution in [0.5, 0.6) is 5.75 Å². The van der Waals surface area contributed by atoms with Gasteiger partial charge in [0.05, 0.1) is 19.7 Å². The summed E-state index contributed by atoms with van der Waals surface area (Å²) in [4.78, 5) is 13.2. The number of halogens is 1. The SMILES string of the molecule is C#CCN(CC#N)C(=O)c1c(F)cccc1OC. The molecule has 0 atom stereocenters. The topological polar surface area (TPSA) is 53.3 Å². The minimum absolute atomic E-state index is 0.0656. The van der Waals surface area contributed by atoms with E-state index in [0.29, 0.717) is 0 Å². The van der Waals surface area contributed by atoms with E-state index < -0.39 is 11.7 Å². The first-order valence-electron chi connectivity index (χ1n) is 5.07. The molecule has 0 saturated heterocycles. The van der Waals surface area contributed by atoms with Crippen LogP contribution in [0.25, 0.3) is 0 Å². The molecule has 0 aliphatic heterocycles. The van der Waals surface area contributed by atoms with Crippen LogP contribution in [0.15, 0.2) is 18.2 Å². The van der Waals surface area contributed by atoms with Crippen LogP contribution < -0.4 is 4.74 Å². The lowest BCUT2D eigenvalue weighted by atomic mass is 10.1. The second kappa shape index (κ2) is 6.27. The van der Waals surface area contributed by atoms with Gasteiger partial charge in [-0.1, -0.05) is 12.0 Å². The number of methoxy groups -OCH3 is 1. The molecule has 1 rings (SSSR count). The Labute approximate surface area is 105 Å². The van der Waals surface area contributed by atoms with Crippen molar-refractivity contribution in [2.45, 2.75) is 0 Å². The average molecular weight is 246 g/mol. The van der Waals surface area contributed by atoms with E-state index in [0.717, 1.165) is 11.0 Å². The van der Waals surface area contributed by atoms with Gasteiger partial charge in [-0.05, 0) is 12.1 Å². The largest absolute Gasteiger partial charge is 0.496 e. The van der Waals surface area contributed by atoms with Crippen molar-refractivity contribution in [2.24, 2.45) is 0 Å². The highest BCUT2D eigenvalue weighted by atomic mass is 19.1. The van der Waals surface area contributed by atoms with Crippen LogP contribution in [0.3, 0.4) is 0 Å². The van der Waals surface area contributed by atoms with Gasteiger partial charge in [-0.3, -0.25) is 4.79 Å². The number of nitriles is 1. The molecule has 1 aromatic rings. The lowest BCUT2D eigenvalue weighted by Crippen LogP contribution is -2.32. The molecule has 18 heavy (non-hydrogen) atoms. The maximum atomic E-state index is 13.7. The third-order valence-corrected chi connectivity index (χ3v) is 2.24. The van der Waals surface area contributed by atoms with Crippen molar-refractivity contribution >= 4 is 5.91 Å². The number of amides is 1. The first-order chi connectivity index (χ1) is 8.65. The molecular formula is C13H11FN2O2. The van der Waals surface area contributed by atoms with Crippen molar-refractivity contribution in [2.75, 3.05) is 20.2 Å².